The van der Waals surface area contributed by atoms with E-state index in [0.29, 0.717) is 5.69 Å². The molecule has 2 N–H and O–H groups in total. The Hall–Kier alpha value is -1.83. The second-order valence-corrected chi connectivity index (χ2v) is 4.14. The lowest BCUT2D eigenvalue weighted by Crippen LogP contribution is -1.82. The highest BCUT2D eigenvalue weighted by molar-refractivity contribution is 5.36. The van der Waals surface area contributed by atoms with Gasteiger partial charge in [0.2, 0.25) is 0 Å². The van der Waals surface area contributed by atoms with Crippen LogP contribution in [-0.4, -0.2) is 0 Å². The van der Waals surface area contributed by atoms with Gasteiger partial charge in [0, 0.05) is 5.69 Å². The lowest BCUT2D eigenvalue weighted by molar-refractivity contribution is 0.628. The zero-order valence-corrected chi connectivity index (χ0v) is 10.8. The third kappa shape index (κ3) is 6.04. The SMILES string of the molecule is CCCCc1ccccc1.Nc1ccc(F)cc1. The average Bonchev–Trinajstić information content (AvgIpc) is 2.42. The molecule has 2 aromatic rings. The Morgan fingerprint density at radius 1 is 0.944 bits per heavy atom. The first kappa shape index (κ1) is 14.2. The van der Waals surface area contributed by atoms with Crippen LogP contribution in [0.15, 0.2) is 54.6 Å². The third-order valence-corrected chi connectivity index (χ3v) is 2.53. The molecule has 0 saturated heterocycles. The van der Waals surface area contributed by atoms with E-state index in [0.717, 1.165) is 0 Å². The molecule has 18 heavy (non-hydrogen) atoms. The van der Waals surface area contributed by atoms with Gasteiger partial charge in [0.05, 0.1) is 0 Å². The molecule has 96 valence electrons. The highest BCUT2D eigenvalue weighted by Gasteiger charge is 1.87. The number of anilines is 1. The van der Waals surface area contributed by atoms with E-state index < -0.39 is 0 Å². The molecule has 0 atom stereocenters. The van der Waals surface area contributed by atoms with Gasteiger partial charge in [0.25, 0.3) is 0 Å². The van der Waals surface area contributed by atoms with E-state index >= 15 is 0 Å². The van der Waals surface area contributed by atoms with Crippen LogP contribution in [0, 0.1) is 5.82 Å². The lowest BCUT2D eigenvalue weighted by Gasteiger charge is -1.96. The van der Waals surface area contributed by atoms with Crippen LogP contribution >= 0.6 is 0 Å². The van der Waals surface area contributed by atoms with E-state index in [2.05, 4.69) is 37.3 Å². The fourth-order valence-corrected chi connectivity index (χ4v) is 1.49. The van der Waals surface area contributed by atoms with Crippen LogP contribution in [0.2, 0.25) is 0 Å². The molecule has 0 amide bonds. The molecule has 0 fully saturated rings. The van der Waals surface area contributed by atoms with Gasteiger partial charge in [-0.05, 0) is 42.7 Å². The minimum atomic E-state index is -0.251. The first-order chi connectivity index (χ1) is 8.72. The van der Waals surface area contributed by atoms with E-state index in [1.807, 2.05) is 0 Å². The first-order valence-electron chi connectivity index (χ1n) is 6.27. The molecule has 0 bridgehead atoms. The summed E-state index contributed by atoms with van der Waals surface area (Å²) in [6.07, 6.45) is 3.83. The molecule has 0 saturated carbocycles. The highest BCUT2D eigenvalue weighted by Crippen LogP contribution is 2.03. The second-order valence-electron chi connectivity index (χ2n) is 4.14. The molecule has 0 radical (unpaired) electrons. The largest absolute Gasteiger partial charge is 0.399 e. The monoisotopic (exact) mass is 245 g/mol. The van der Waals surface area contributed by atoms with Crippen molar-refractivity contribution in [1.29, 1.82) is 0 Å². The summed E-state index contributed by atoms with van der Waals surface area (Å²) >= 11 is 0. The molecule has 0 aliphatic carbocycles. The van der Waals surface area contributed by atoms with Crippen LogP contribution in [0.4, 0.5) is 10.1 Å². The average molecular weight is 245 g/mol. The Morgan fingerprint density at radius 3 is 2.06 bits per heavy atom. The quantitative estimate of drug-likeness (QED) is 0.795. The molecule has 0 spiro atoms. The number of aryl methyl sites for hydroxylation is 1. The van der Waals surface area contributed by atoms with Gasteiger partial charge in [-0.25, -0.2) is 4.39 Å². The maximum atomic E-state index is 12.0. The van der Waals surface area contributed by atoms with Crippen LogP contribution in [-0.2, 0) is 6.42 Å². The summed E-state index contributed by atoms with van der Waals surface area (Å²) in [4.78, 5) is 0. The van der Waals surface area contributed by atoms with Crippen molar-refractivity contribution in [3.8, 4) is 0 Å². The molecule has 2 aromatic carbocycles. The van der Waals surface area contributed by atoms with E-state index in [4.69, 9.17) is 5.73 Å². The molecule has 0 aliphatic heterocycles. The number of nitrogens with two attached hydrogens (primary N) is 1. The van der Waals surface area contributed by atoms with Crippen molar-refractivity contribution in [2.45, 2.75) is 26.2 Å². The number of nitrogen functional groups attached to an aromatic ring is 1. The summed E-state index contributed by atoms with van der Waals surface area (Å²) in [5.74, 6) is -0.251. The van der Waals surface area contributed by atoms with E-state index in [1.165, 1.54) is 49.1 Å². The zero-order valence-electron chi connectivity index (χ0n) is 10.8. The molecular weight excluding hydrogens is 225 g/mol. The summed E-state index contributed by atoms with van der Waals surface area (Å²) < 4.78 is 12.0. The van der Waals surface area contributed by atoms with Crippen LogP contribution in [0.3, 0.4) is 0 Å². The van der Waals surface area contributed by atoms with Gasteiger partial charge in [-0.1, -0.05) is 43.7 Å². The Bertz CT molecular complexity index is 402. The van der Waals surface area contributed by atoms with Crippen molar-refractivity contribution >= 4 is 5.69 Å². The fraction of sp³-hybridized carbons (Fsp3) is 0.250. The Morgan fingerprint density at radius 2 is 1.56 bits per heavy atom. The maximum Gasteiger partial charge on any atom is 0.123 e. The third-order valence-electron chi connectivity index (χ3n) is 2.53. The van der Waals surface area contributed by atoms with Crippen LogP contribution in [0.1, 0.15) is 25.3 Å². The van der Waals surface area contributed by atoms with Crippen molar-refractivity contribution in [3.05, 3.63) is 66.0 Å². The van der Waals surface area contributed by atoms with Gasteiger partial charge in [-0.2, -0.15) is 0 Å². The van der Waals surface area contributed by atoms with Gasteiger partial charge < -0.3 is 5.73 Å². The standard InChI is InChI=1S/C10H14.C6H6FN/c1-2-3-7-10-8-5-4-6-9-10;7-5-1-3-6(8)4-2-5/h4-6,8-9H,2-3,7H2,1H3;1-4H,8H2. The summed E-state index contributed by atoms with van der Waals surface area (Å²) in [5.41, 5.74) is 7.31. The summed E-state index contributed by atoms with van der Waals surface area (Å²) in [7, 11) is 0. The summed E-state index contributed by atoms with van der Waals surface area (Å²) in [5, 5.41) is 0. The van der Waals surface area contributed by atoms with Crippen LogP contribution in [0.5, 0.6) is 0 Å². The molecule has 2 heteroatoms. The van der Waals surface area contributed by atoms with Crippen molar-refractivity contribution < 1.29 is 4.39 Å². The van der Waals surface area contributed by atoms with Gasteiger partial charge in [0.1, 0.15) is 5.82 Å². The van der Waals surface area contributed by atoms with Crippen LogP contribution in [0.25, 0.3) is 0 Å². The predicted octanol–water partition coefficient (Wildman–Crippen LogP) is 4.44. The van der Waals surface area contributed by atoms with Crippen molar-refractivity contribution in [1.82, 2.24) is 0 Å². The smallest absolute Gasteiger partial charge is 0.123 e. The minimum Gasteiger partial charge on any atom is -0.399 e. The number of hydrogen-bond donors (Lipinski definition) is 1. The van der Waals surface area contributed by atoms with Crippen molar-refractivity contribution in [2.24, 2.45) is 0 Å². The highest BCUT2D eigenvalue weighted by atomic mass is 19.1. The number of hydrogen-bond acceptors (Lipinski definition) is 1. The molecule has 0 aliphatic rings. The predicted molar refractivity (Wildman–Crippen MR) is 75.9 cm³/mol. The molecule has 1 nitrogen and oxygen atoms in total. The Labute approximate surface area is 108 Å². The summed E-state index contributed by atoms with van der Waals surface area (Å²) in [6, 6.07) is 16.4. The van der Waals surface area contributed by atoms with E-state index in [1.54, 1.807) is 0 Å². The molecule has 0 heterocycles. The zero-order chi connectivity index (χ0) is 13.2. The molecule has 0 unspecified atom stereocenters. The van der Waals surface area contributed by atoms with E-state index in [-0.39, 0.29) is 5.82 Å². The number of unbranched alkanes of at least 4 members (excludes halogenated alkanes) is 1. The van der Waals surface area contributed by atoms with Gasteiger partial charge in [-0.3, -0.25) is 0 Å². The topological polar surface area (TPSA) is 26.0 Å². The Balaban J connectivity index is 0.000000184. The van der Waals surface area contributed by atoms with Gasteiger partial charge in [0.15, 0.2) is 0 Å². The van der Waals surface area contributed by atoms with E-state index in [9.17, 15) is 4.39 Å². The number of benzene rings is 2. The minimum absolute atomic E-state index is 0.251. The number of halogens is 1. The van der Waals surface area contributed by atoms with Crippen molar-refractivity contribution in [2.75, 3.05) is 5.73 Å². The molecule has 0 aromatic heterocycles. The fourth-order valence-electron chi connectivity index (χ4n) is 1.49. The summed E-state index contributed by atoms with van der Waals surface area (Å²) in [6.45, 7) is 2.23. The number of rotatable bonds is 3. The maximum absolute atomic E-state index is 12.0. The second kappa shape index (κ2) is 8.29. The van der Waals surface area contributed by atoms with Crippen molar-refractivity contribution in [3.63, 3.8) is 0 Å². The van der Waals surface area contributed by atoms with Gasteiger partial charge in [-0.15, -0.1) is 0 Å². The van der Waals surface area contributed by atoms with Gasteiger partial charge >= 0.3 is 0 Å². The lowest BCUT2D eigenvalue weighted by atomic mass is 10.1. The molecular formula is C16H20FN. The molecule has 2 rings (SSSR count). The Kier molecular flexibility index (Phi) is 6.55. The first-order valence-corrected chi connectivity index (χ1v) is 6.27. The van der Waals surface area contributed by atoms with Crippen LogP contribution < -0.4 is 5.73 Å². The normalized spacial score (nSPS) is 9.44.